The lowest BCUT2D eigenvalue weighted by molar-refractivity contribution is 0.102. The first-order valence-electron chi connectivity index (χ1n) is 5.76. The van der Waals surface area contributed by atoms with Gasteiger partial charge in [-0.15, -0.1) is 11.3 Å². The smallest absolute Gasteiger partial charge is 0.275 e. The number of aryl methyl sites for hydroxylation is 1. The lowest BCUT2D eigenvalue weighted by Gasteiger charge is -2.07. The number of nitrogens with two attached hydrogens (primary N) is 1. The number of carbonyl (C=O) groups is 1. The summed E-state index contributed by atoms with van der Waals surface area (Å²) in [7, 11) is 0. The van der Waals surface area contributed by atoms with Crippen LogP contribution in [0.25, 0.3) is 0 Å². The number of hydrogen-bond acceptors (Lipinski definition) is 4. The van der Waals surface area contributed by atoms with E-state index >= 15 is 0 Å². The van der Waals surface area contributed by atoms with E-state index in [2.05, 4.69) is 26.2 Å². The predicted octanol–water partition coefficient (Wildman–Crippen LogP) is 3.49. The molecule has 1 amide bonds. The van der Waals surface area contributed by atoms with Crippen molar-refractivity contribution in [2.24, 2.45) is 5.73 Å². The van der Waals surface area contributed by atoms with Gasteiger partial charge in [0.05, 0.1) is 11.7 Å². The third-order valence-electron chi connectivity index (χ3n) is 2.51. The molecule has 1 heterocycles. The normalized spacial score (nSPS) is 12.2. The molecular formula is C13H14BrN3OS. The zero-order chi connectivity index (χ0) is 14.0. The number of rotatable bonds is 3. The molecule has 0 bridgehead atoms. The first-order valence-corrected chi connectivity index (χ1v) is 7.43. The molecular weight excluding hydrogens is 326 g/mol. The number of thiazole rings is 1. The molecule has 0 spiro atoms. The summed E-state index contributed by atoms with van der Waals surface area (Å²) in [5.41, 5.74) is 7.94. The summed E-state index contributed by atoms with van der Waals surface area (Å²) in [6, 6.07) is 5.62. The van der Waals surface area contributed by atoms with Gasteiger partial charge in [0.1, 0.15) is 10.7 Å². The Morgan fingerprint density at radius 1 is 1.53 bits per heavy atom. The summed E-state index contributed by atoms with van der Waals surface area (Å²) in [6.07, 6.45) is 0. The molecule has 4 nitrogen and oxygen atoms in total. The van der Waals surface area contributed by atoms with Gasteiger partial charge in [0.25, 0.3) is 5.91 Å². The monoisotopic (exact) mass is 339 g/mol. The van der Waals surface area contributed by atoms with Gasteiger partial charge in [0, 0.05) is 9.85 Å². The molecule has 3 N–H and O–H groups in total. The van der Waals surface area contributed by atoms with Crippen LogP contribution in [0.3, 0.4) is 0 Å². The molecule has 1 unspecified atom stereocenters. The molecule has 0 radical (unpaired) electrons. The highest BCUT2D eigenvalue weighted by Crippen LogP contribution is 2.24. The number of anilines is 1. The fourth-order valence-electron chi connectivity index (χ4n) is 1.52. The summed E-state index contributed by atoms with van der Waals surface area (Å²) < 4.78 is 0.842. The lowest BCUT2D eigenvalue weighted by Crippen LogP contribution is -2.13. The third kappa shape index (κ3) is 3.40. The molecule has 1 aromatic carbocycles. The number of nitrogens with one attached hydrogen (secondary N) is 1. The van der Waals surface area contributed by atoms with Crippen molar-refractivity contribution in [3.8, 4) is 0 Å². The summed E-state index contributed by atoms with van der Waals surface area (Å²) in [4.78, 5) is 16.3. The molecule has 19 heavy (non-hydrogen) atoms. The Morgan fingerprint density at radius 2 is 2.26 bits per heavy atom. The van der Waals surface area contributed by atoms with Gasteiger partial charge in [-0.3, -0.25) is 4.79 Å². The molecule has 1 atom stereocenters. The summed E-state index contributed by atoms with van der Waals surface area (Å²) in [6.45, 7) is 3.82. The van der Waals surface area contributed by atoms with E-state index in [1.807, 2.05) is 32.0 Å². The second-order valence-electron chi connectivity index (χ2n) is 4.30. The molecule has 100 valence electrons. The molecule has 0 saturated heterocycles. The van der Waals surface area contributed by atoms with Gasteiger partial charge in [-0.2, -0.15) is 0 Å². The molecule has 0 saturated carbocycles. The van der Waals surface area contributed by atoms with Crippen molar-refractivity contribution in [1.82, 2.24) is 4.98 Å². The number of benzene rings is 1. The first kappa shape index (κ1) is 14.2. The SMILES string of the molecule is Cc1ccc(Br)c(NC(=O)c2csc(C(C)N)n2)c1. The van der Waals surface area contributed by atoms with Gasteiger partial charge >= 0.3 is 0 Å². The maximum atomic E-state index is 12.1. The fraction of sp³-hybridized carbons (Fsp3) is 0.231. The van der Waals surface area contributed by atoms with Crippen molar-refractivity contribution >= 4 is 38.9 Å². The van der Waals surface area contributed by atoms with Crippen LogP contribution in [0.1, 0.15) is 34.0 Å². The second kappa shape index (κ2) is 5.81. The molecule has 2 aromatic rings. The zero-order valence-electron chi connectivity index (χ0n) is 10.6. The van der Waals surface area contributed by atoms with Gasteiger partial charge < -0.3 is 11.1 Å². The predicted molar refractivity (Wildman–Crippen MR) is 81.5 cm³/mol. The topological polar surface area (TPSA) is 68.0 Å². The minimum absolute atomic E-state index is 0.155. The zero-order valence-corrected chi connectivity index (χ0v) is 13.0. The van der Waals surface area contributed by atoms with Gasteiger partial charge in [-0.05, 0) is 47.5 Å². The molecule has 6 heteroatoms. The van der Waals surface area contributed by atoms with Crippen molar-refractivity contribution in [3.63, 3.8) is 0 Å². The average molecular weight is 340 g/mol. The quantitative estimate of drug-likeness (QED) is 0.899. The minimum Gasteiger partial charge on any atom is -0.322 e. The molecule has 2 rings (SSSR count). The van der Waals surface area contributed by atoms with Gasteiger partial charge in [-0.1, -0.05) is 6.07 Å². The summed E-state index contributed by atoms with van der Waals surface area (Å²) >= 11 is 4.80. The molecule has 0 aliphatic heterocycles. The Morgan fingerprint density at radius 3 is 2.89 bits per heavy atom. The van der Waals surface area contributed by atoms with Crippen LogP contribution < -0.4 is 11.1 Å². The maximum absolute atomic E-state index is 12.1. The van der Waals surface area contributed by atoms with E-state index in [4.69, 9.17) is 5.73 Å². The van der Waals surface area contributed by atoms with Crippen LogP contribution in [0.5, 0.6) is 0 Å². The van der Waals surface area contributed by atoms with E-state index < -0.39 is 0 Å². The Balaban J connectivity index is 2.18. The third-order valence-corrected chi connectivity index (χ3v) is 4.25. The molecule has 0 fully saturated rings. The van der Waals surface area contributed by atoms with Crippen LogP contribution in [0.2, 0.25) is 0 Å². The van der Waals surface area contributed by atoms with Gasteiger partial charge in [0.2, 0.25) is 0 Å². The van der Waals surface area contributed by atoms with Crippen LogP contribution >= 0.6 is 27.3 Å². The molecule has 1 aromatic heterocycles. The molecule has 0 aliphatic carbocycles. The van der Waals surface area contributed by atoms with Crippen LogP contribution in [0.4, 0.5) is 5.69 Å². The number of carbonyl (C=O) groups excluding carboxylic acids is 1. The number of nitrogens with zero attached hydrogens (tertiary/aromatic N) is 1. The van der Waals surface area contributed by atoms with Gasteiger partial charge in [0.15, 0.2) is 0 Å². The standard InChI is InChI=1S/C13H14BrN3OS/c1-7-3-4-9(14)10(5-7)16-12(18)11-6-19-13(17-11)8(2)15/h3-6,8H,15H2,1-2H3,(H,16,18). The van der Waals surface area contributed by atoms with E-state index in [9.17, 15) is 4.79 Å². The van der Waals surface area contributed by atoms with Crippen LogP contribution in [-0.2, 0) is 0 Å². The highest BCUT2D eigenvalue weighted by Gasteiger charge is 2.14. The number of amides is 1. The number of hydrogen-bond donors (Lipinski definition) is 2. The van der Waals surface area contributed by atoms with Crippen LogP contribution in [0, 0.1) is 6.92 Å². The maximum Gasteiger partial charge on any atom is 0.275 e. The van der Waals surface area contributed by atoms with E-state index in [1.165, 1.54) is 11.3 Å². The fourth-order valence-corrected chi connectivity index (χ4v) is 2.63. The summed E-state index contributed by atoms with van der Waals surface area (Å²) in [5, 5.41) is 5.31. The highest BCUT2D eigenvalue weighted by molar-refractivity contribution is 9.10. The van der Waals surface area contributed by atoms with Crippen LogP contribution in [0.15, 0.2) is 28.1 Å². The van der Waals surface area contributed by atoms with Crippen molar-refractivity contribution < 1.29 is 4.79 Å². The lowest BCUT2D eigenvalue weighted by atomic mass is 10.2. The van der Waals surface area contributed by atoms with E-state index in [0.717, 1.165) is 20.7 Å². The summed E-state index contributed by atoms with van der Waals surface area (Å²) in [5.74, 6) is -0.227. The number of halogens is 1. The van der Waals surface area contributed by atoms with E-state index in [-0.39, 0.29) is 11.9 Å². The van der Waals surface area contributed by atoms with Crippen molar-refractivity contribution in [3.05, 3.63) is 44.3 Å². The minimum atomic E-state index is -0.227. The van der Waals surface area contributed by atoms with Gasteiger partial charge in [-0.25, -0.2) is 4.98 Å². The number of aromatic nitrogens is 1. The Hall–Kier alpha value is -1.24. The molecule has 0 aliphatic rings. The second-order valence-corrected chi connectivity index (χ2v) is 6.04. The Labute approximate surface area is 124 Å². The average Bonchev–Trinajstić information content (AvgIpc) is 2.83. The van der Waals surface area contributed by atoms with Crippen molar-refractivity contribution in [1.29, 1.82) is 0 Å². The van der Waals surface area contributed by atoms with Crippen molar-refractivity contribution in [2.45, 2.75) is 19.9 Å². The largest absolute Gasteiger partial charge is 0.322 e. The highest BCUT2D eigenvalue weighted by atomic mass is 79.9. The van der Waals surface area contributed by atoms with E-state index in [0.29, 0.717) is 5.69 Å². The first-order chi connectivity index (χ1) is 8.97. The van der Waals surface area contributed by atoms with E-state index in [1.54, 1.807) is 5.38 Å². The van der Waals surface area contributed by atoms with Crippen LogP contribution in [-0.4, -0.2) is 10.9 Å². The Kier molecular flexibility index (Phi) is 4.34. The Bertz CT molecular complexity index is 610. The van der Waals surface area contributed by atoms with Crippen molar-refractivity contribution in [2.75, 3.05) is 5.32 Å².